The molecule has 108 valence electrons. The van der Waals surface area contributed by atoms with E-state index in [1.165, 1.54) is 0 Å². The van der Waals surface area contributed by atoms with Gasteiger partial charge >= 0.3 is 0 Å². The van der Waals surface area contributed by atoms with E-state index in [0.717, 1.165) is 31.4 Å². The lowest BCUT2D eigenvalue weighted by molar-refractivity contribution is -0.0808. The highest BCUT2D eigenvalue weighted by molar-refractivity contribution is 6.31. The monoisotopic (exact) mass is 285 g/mol. The molecule has 1 heterocycles. The van der Waals surface area contributed by atoms with Gasteiger partial charge < -0.3 is 10.5 Å². The molecule has 4 nitrogen and oxygen atoms in total. The zero-order chi connectivity index (χ0) is 14.3. The molecule has 1 aromatic rings. The maximum Gasteiger partial charge on any atom is 0.0886 e. The lowest BCUT2D eigenvalue weighted by Crippen LogP contribution is -2.48. The highest BCUT2D eigenvalue weighted by Gasteiger charge is 2.44. The molecule has 0 spiro atoms. The number of rotatable bonds is 3. The van der Waals surface area contributed by atoms with Crippen LogP contribution in [-0.4, -0.2) is 22.5 Å². The highest BCUT2D eigenvalue weighted by atomic mass is 35.5. The second-order valence-corrected chi connectivity index (χ2v) is 6.82. The Labute approximate surface area is 120 Å². The number of aryl methyl sites for hydroxylation is 1. The molecule has 0 aromatic carbocycles. The zero-order valence-corrected chi connectivity index (χ0v) is 13.0. The van der Waals surface area contributed by atoms with Crippen molar-refractivity contribution in [1.29, 1.82) is 0 Å². The molecule has 0 radical (unpaired) electrons. The van der Waals surface area contributed by atoms with Crippen molar-refractivity contribution in [1.82, 2.24) is 9.78 Å². The second kappa shape index (κ2) is 5.08. The molecule has 2 N–H and O–H groups in total. The molecule has 1 aliphatic rings. The molecular formula is C14H24ClN3O. The van der Waals surface area contributed by atoms with Crippen molar-refractivity contribution in [2.24, 2.45) is 18.2 Å². The Morgan fingerprint density at radius 2 is 1.95 bits per heavy atom. The fourth-order valence-electron chi connectivity index (χ4n) is 3.01. The lowest BCUT2D eigenvalue weighted by atomic mass is 9.68. The summed E-state index contributed by atoms with van der Waals surface area (Å²) in [7, 11) is 3.62. The zero-order valence-electron chi connectivity index (χ0n) is 12.2. The van der Waals surface area contributed by atoms with Crippen LogP contribution < -0.4 is 5.73 Å². The lowest BCUT2D eigenvalue weighted by Gasteiger charge is -2.45. The predicted molar refractivity (Wildman–Crippen MR) is 77.1 cm³/mol. The molecule has 1 unspecified atom stereocenters. The smallest absolute Gasteiger partial charge is 0.0886 e. The molecule has 1 fully saturated rings. The number of halogens is 1. The molecule has 0 saturated heterocycles. The number of methoxy groups -OCH3 is 1. The van der Waals surface area contributed by atoms with Crippen LogP contribution in [0.2, 0.25) is 5.02 Å². The van der Waals surface area contributed by atoms with Gasteiger partial charge in [0.05, 0.1) is 28.6 Å². The first-order chi connectivity index (χ1) is 8.81. The number of nitrogens with zero attached hydrogens (tertiary/aromatic N) is 2. The summed E-state index contributed by atoms with van der Waals surface area (Å²) in [5, 5.41) is 4.80. The van der Waals surface area contributed by atoms with Crippen molar-refractivity contribution < 1.29 is 4.74 Å². The Bertz CT molecular complexity index is 426. The first kappa shape index (κ1) is 14.8. The van der Waals surface area contributed by atoms with Gasteiger partial charge in [0.25, 0.3) is 0 Å². The Morgan fingerprint density at radius 1 is 1.37 bits per heavy atom. The summed E-state index contributed by atoms with van der Waals surface area (Å²) in [4.78, 5) is 0. The van der Waals surface area contributed by atoms with Crippen molar-refractivity contribution in [3.05, 3.63) is 16.9 Å². The molecule has 0 amide bonds. The van der Waals surface area contributed by atoms with E-state index in [1.54, 1.807) is 18.0 Å². The van der Waals surface area contributed by atoms with Gasteiger partial charge in [0.1, 0.15) is 0 Å². The molecule has 1 atom stereocenters. The number of hydrogen-bond acceptors (Lipinski definition) is 3. The van der Waals surface area contributed by atoms with E-state index in [2.05, 4.69) is 18.9 Å². The minimum atomic E-state index is -0.326. The summed E-state index contributed by atoms with van der Waals surface area (Å²) in [6.07, 6.45) is 5.79. The maximum atomic E-state index is 6.48. The van der Waals surface area contributed by atoms with E-state index in [1.807, 2.05) is 7.05 Å². The largest absolute Gasteiger partial charge is 0.376 e. The SMILES string of the molecule is COC1(C(N)c2c(Cl)cnn2C)CCC(C)(C)CC1. The van der Waals surface area contributed by atoms with Crippen LogP contribution >= 0.6 is 11.6 Å². The van der Waals surface area contributed by atoms with E-state index in [4.69, 9.17) is 22.1 Å². The fourth-order valence-corrected chi connectivity index (χ4v) is 3.29. The minimum Gasteiger partial charge on any atom is -0.376 e. The number of nitrogens with two attached hydrogens (primary N) is 1. The maximum absolute atomic E-state index is 6.48. The van der Waals surface area contributed by atoms with Crippen molar-refractivity contribution in [3.8, 4) is 0 Å². The van der Waals surface area contributed by atoms with Gasteiger partial charge in [-0.05, 0) is 31.1 Å². The normalized spacial score (nSPS) is 23.3. The topological polar surface area (TPSA) is 53.1 Å². The molecule has 0 aliphatic heterocycles. The average molecular weight is 286 g/mol. The quantitative estimate of drug-likeness (QED) is 0.929. The van der Waals surface area contributed by atoms with Gasteiger partial charge in [-0.25, -0.2) is 0 Å². The van der Waals surface area contributed by atoms with Crippen LogP contribution in [0.4, 0.5) is 0 Å². The van der Waals surface area contributed by atoms with Gasteiger partial charge in [0, 0.05) is 14.2 Å². The molecular weight excluding hydrogens is 262 g/mol. The minimum absolute atomic E-state index is 0.242. The van der Waals surface area contributed by atoms with Gasteiger partial charge in [0.15, 0.2) is 0 Å². The molecule has 19 heavy (non-hydrogen) atoms. The Balaban J connectivity index is 2.28. The number of ether oxygens (including phenoxy) is 1. The van der Waals surface area contributed by atoms with Crippen LogP contribution in [-0.2, 0) is 11.8 Å². The van der Waals surface area contributed by atoms with E-state index in [9.17, 15) is 0 Å². The summed E-state index contributed by atoms with van der Waals surface area (Å²) in [5.41, 5.74) is 7.39. The second-order valence-electron chi connectivity index (χ2n) is 6.41. The van der Waals surface area contributed by atoms with Crippen molar-refractivity contribution in [2.75, 3.05) is 7.11 Å². The molecule has 1 aliphatic carbocycles. The number of hydrogen-bond donors (Lipinski definition) is 1. The summed E-state index contributed by atoms with van der Waals surface area (Å²) < 4.78 is 7.60. The van der Waals surface area contributed by atoms with Crippen LogP contribution in [0.25, 0.3) is 0 Å². The van der Waals surface area contributed by atoms with Gasteiger partial charge in [-0.15, -0.1) is 0 Å². The first-order valence-corrected chi connectivity index (χ1v) is 7.17. The number of aromatic nitrogens is 2. The van der Waals surface area contributed by atoms with Crippen LogP contribution in [0.5, 0.6) is 0 Å². The van der Waals surface area contributed by atoms with Gasteiger partial charge in [-0.3, -0.25) is 4.68 Å². The van der Waals surface area contributed by atoms with E-state index in [-0.39, 0.29) is 11.6 Å². The summed E-state index contributed by atoms with van der Waals surface area (Å²) in [6, 6.07) is -0.242. The Hall–Kier alpha value is -0.580. The van der Waals surface area contributed by atoms with E-state index in [0.29, 0.717) is 10.4 Å². The fraction of sp³-hybridized carbons (Fsp3) is 0.786. The first-order valence-electron chi connectivity index (χ1n) is 6.79. The third kappa shape index (κ3) is 2.67. The standard InChI is InChI=1S/C14H24ClN3O/c1-13(2)5-7-14(19-4,8-6-13)12(16)11-10(15)9-17-18(11)3/h9,12H,5-8,16H2,1-4H3. The third-order valence-corrected chi connectivity index (χ3v) is 4.95. The van der Waals surface area contributed by atoms with E-state index < -0.39 is 0 Å². The van der Waals surface area contributed by atoms with Crippen molar-refractivity contribution in [3.63, 3.8) is 0 Å². The van der Waals surface area contributed by atoms with Crippen molar-refractivity contribution in [2.45, 2.75) is 51.2 Å². The molecule has 2 rings (SSSR count). The Kier molecular flexibility index (Phi) is 3.96. The van der Waals surface area contributed by atoms with Crippen molar-refractivity contribution >= 4 is 11.6 Å². The summed E-state index contributed by atoms with van der Waals surface area (Å²) >= 11 is 6.22. The van der Waals surface area contributed by atoms with E-state index >= 15 is 0 Å². The summed E-state index contributed by atoms with van der Waals surface area (Å²) in [5.74, 6) is 0. The molecule has 1 saturated carbocycles. The van der Waals surface area contributed by atoms with Gasteiger partial charge in [-0.2, -0.15) is 5.10 Å². The average Bonchev–Trinajstić information content (AvgIpc) is 2.69. The molecule has 5 heteroatoms. The van der Waals surface area contributed by atoms with Crippen LogP contribution in [0.1, 0.15) is 51.3 Å². The Morgan fingerprint density at radius 3 is 2.37 bits per heavy atom. The molecule has 0 bridgehead atoms. The molecule has 1 aromatic heterocycles. The van der Waals surface area contributed by atoms with Crippen LogP contribution in [0.15, 0.2) is 6.20 Å². The predicted octanol–water partition coefficient (Wildman–Crippen LogP) is 3.06. The van der Waals surface area contributed by atoms with Crippen LogP contribution in [0.3, 0.4) is 0 Å². The van der Waals surface area contributed by atoms with Gasteiger partial charge in [-0.1, -0.05) is 25.4 Å². The van der Waals surface area contributed by atoms with Gasteiger partial charge in [0.2, 0.25) is 0 Å². The van der Waals surface area contributed by atoms with Crippen LogP contribution in [0, 0.1) is 5.41 Å². The highest BCUT2D eigenvalue weighted by Crippen LogP contribution is 2.47. The third-order valence-electron chi connectivity index (χ3n) is 4.66. The summed E-state index contributed by atoms with van der Waals surface area (Å²) in [6.45, 7) is 4.60.